The van der Waals surface area contributed by atoms with Crippen molar-refractivity contribution in [3.63, 3.8) is 0 Å². The van der Waals surface area contributed by atoms with Gasteiger partial charge >= 0.3 is 0 Å². The van der Waals surface area contributed by atoms with Gasteiger partial charge in [0, 0.05) is 31.4 Å². The zero-order valence-electron chi connectivity index (χ0n) is 30.3. The van der Waals surface area contributed by atoms with Gasteiger partial charge in [-0.15, -0.1) is 0 Å². The SMILES string of the molecule is Cc1ccc(NC2CCN(CCC3(CCCC(C)(C)[Si](O)(c4ccccc4)c4ccccc4)CCN(Cc4ccccc4)CC3)CC2)cc1. The number of piperidine rings is 2. The molecule has 49 heavy (non-hydrogen) atoms. The molecule has 0 unspecified atom stereocenters. The molecule has 4 aromatic carbocycles. The molecule has 0 aromatic heterocycles. The molecule has 0 radical (unpaired) electrons. The first kappa shape index (κ1) is 35.6. The highest BCUT2D eigenvalue weighted by Crippen LogP contribution is 2.45. The maximum Gasteiger partial charge on any atom is 0.258 e. The van der Waals surface area contributed by atoms with Gasteiger partial charge < -0.3 is 15.0 Å². The molecule has 2 fully saturated rings. The van der Waals surface area contributed by atoms with E-state index in [1.54, 1.807) is 0 Å². The lowest BCUT2D eigenvalue weighted by molar-refractivity contribution is 0.0643. The summed E-state index contributed by atoms with van der Waals surface area (Å²) in [6, 6.07) is 41.5. The lowest BCUT2D eigenvalue weighted by atomic mass is 9.71. The normalized spacial score (nSPS) is 18.0. The van der Waals surface area contributed by atoms with Crippen LogP contribution in [0.3, 0.4) is 0 Å². The molecule has 0 amide bonds. The summed E-state index contributed by atoms with van der Waals surface area (Å²) < 4.78 is 0. The van der Waals surface area contributed by atoms with Gasteiger partial charge in [-0.25, -0.2) is 0 Å². The molecule has 2 saturated heterocycles. The van der Waals surface area contributed by atoms with Gasteiger partial charge in [0.2, 0.25) is 0 Å². The molecule has 2 aliphatic heterocycles. The van der Waals surface area contributed by atoms with Crippen molar-refractivity contribution in [3.05, 3.63) is 126 Å². The largest absolute Gasteiger partial charge is 0.424 e. The summed E-state index contributed by atoms with van der Waals surface area (Å²) in [5, 5.41) is 5.84. The van der Waals surface area contributed by atoms with Crippen LogP contribution in [0.2, 0.25) is 5.04 Å². The highest BCUT2D eigenvalue weighted by atomic mass is 28.4. The number of rotatable bonds is 14. The third kappa shape index (κ3) is 8.93. The van der Waals surface area contributed by atoms with Crippen molar-refractivity contribution in [2.24, 2.45) is 5.41 Å². The number of aryl methyl sites for hydroxylation is 1. The first-order valence-electron chi connectivity index (χ1n) is 18.9. The average Bonchev–Trinajstić information content (AvgIpc) is 3.14. The number of hydrogen-bond donors (Lipinski definition) is 2. The Bertz CT molecular complexity index is 1510. The Kier molecular flexibility index (Phi) is 11.8. The molecular formula is C44H59N3OSi. The molecule has 2 N–H and O–H groups in total. The molecule has 2 aliphatic rings. The van der Waals surface area contributed by atoms with Crippen molar-refractivity contribution in [2.45, 2.75) is 89.8 Å². The van der Waals surface area contributed by atoms with Crippen LogP contribution in [0.25, 0.3) is 0 Å². The zero-order chi connectivity index (χ0) is 34.2. The highest BCUT2D eigenvalue weighted by Gasteiger charge is 2.49. The molecule has 0 spiro atoms. The lowest BCUT2D eigenvalue weighted by Crippen LogP contribution is -2.65. The van der Waals surface area contributed by atoms with E-state index in [0.717, 1.165) is 29.8 Å². The van der Waals surface area contributed by atoms with Crippen molar-refractivity contribution in [1.82, 2.24) is 9.80 Å². The van der Waals surface area contributed by atoms with Crippen LogP contribution >= 0.6 is 0 Å². The number of benzene rings is 4. The van der Waals surface area contributed by atoms with E-state index in [9.17, 15) is 4.80 Å². The monoisotopic (exact) mass is 673 g/mol. The van der Waals surface area contributed by atoms with Crippen LogP contribution in [0, 0.1) is 12.3 Å². The number of likely N-dealkylation sites (tertiary alicyclic amines) is 2. The summed E-state index contributed by atoms with van der Waals surface area (Å²) in [7, 11) is -3.00. The first-order chi connectivity index (χ1) is 23.7. The quantitative estimate of drug-likeness (QED) is 0.132. The number of hydrogen-bond acceptors (Lipinski definition) is 4. The van der Waals surface area contributed by atoms with Crippen LogP contribution in [-0.4, -0.2) is 61.7 Å². The van der Waals surface area contributed by atoms with Gasteiger partial charge in [0.15, 0.2) is 0 Å². The van der Waals surface area contributed by atoms with Gasteiger partial charge in [0.05, 0.1) is 0 Å². The molecule has 2 heterocycles. The third-order valence-electron chi connectivity index (χ3n) is 12.0. The van der Waals surface area contributed by atoms with Crippen LogP contribution in [0.4, 0.5) is 5.69 Å². The molecule has 0 saturated carbocycles. The van der Waals surface area contributed by atoms with Crippen molar-refractivity contribution in [2.75, 3.05) is 38.0 Å². The summed E-state index contributed by atoms with van der Waals surface area (Å²) in [5.74, 6) is 0. The Morgan fingerprint density at radius 3 is 1.84 bits per heavy atom. The van der Waals surface area contributed by atoms with Crippen molar-refractivity contribution < 1.29 is 4.80 Å². The Hall–Kier alpha value is -3.22. The minimum Gasteiger partial charge on any atom is -0.424 e. The summed E-state index contributed by atoms with van der Waals surface area (Å²) in [4.78, 5) is 18.2. The fraction of sp³-hybridized carbons (Fsp3) is 0.455. The van der Waals surface area contributed by atoms with Crippen LogP contribution in [0.5, 0.6) is 0 Å². The Morgan fingerprint density at radius 2 is 1.27 bits per heavy atom. The predicted octanol–water partition coefficient (Wildman–Crippen LogP) is 8.25. The topological polar surface area (TPSA) is 38.7 Å². The molecule has 260 valence electrons. The number of anilines is 1. The number of nitrogens with zero attached hydrogens (tertiary/aromatic N) is 2. The maximum atomic E-state index is 12.8. The van der Waals surface area contributed by atoms with E-state index in [1.165, 1.54) is 88.1 Å². The fourth-order valence-corrected chi connectivity index (χ4v) is 12.4. The summed E-state index contributed by atoms with van der Waals surface area (Å²) >= 11 is 0. The van der Waals surface area contributed by atoms with Gasteiger partial charge in [0.1, 0.15) is 0 Å². The summed E-state index contributed by atoms with van der Waals surface area (Å²) in [5.41, 5.74) is 4.35. The summed E-state index contributed by atoms with van der Waals surface area (Å²) in [6.07, 6.45) is 9.67. The van der Waals surface area contributed by atoms with Crippen LogP contribution in [0.15, 0.2) is 115 Å². The van der Waals surface area contributed by atoms with Crippen molar-refractivity contribution in [3.8, 4) is 0 Å². The maximum absolute atomic E-state index is 12.8. The Morgan fingerprint density at radius 1 is 0.714 bits per heavy atom. The predicted molar refractivity (Wildman–Crippen MR) is 210 cm³/mol. The zero-order valence-corrected chi connectivity index (χ0v) is 31.3. The smallest absolute Gasteiger partial charge is 0.258 e. The molecule has 0 aliphatic carbocycles. The minimum absolute atomic E-state index is 0.197. The second-order valence-electron chi connectivity index (χ2n) is 15.8. The van der Waals surface area contributed by atoms with Gasteiger partial charge in [-0.05, 0) is 110 Å². The van der Waals surface area contributed by atoms with E-state index < -0.39 is 8.32 Å². The van der Waals surface area contributed by atoms with Crippen LogP contribution in [0.1, 0.15) is 76.3 Å². The van der Waals surface area contributed by atoms with Gasteiger partial charge in [-0.2, -0.15) is 0 Å². The van der Waals surface area contributed by atoms with E-state index in [0.29, 0.717) is 11.5 Å². The molecule has 4 aromatic rings. The van der Waals surface area contributed by atoms with Crippen molar-refractivity contribution in [1.29, 1.82) is 0 Å². The van der Waals surface area contributed by atoms with Crippen LogP contribution in [-0.2, 0) is 6.54 Å². The Balaban J connectivity index is 1.10. The van der Waals surface area contributed by atoms with E-state index in [2.05, 4.69) is 151 Å². The molecule has 0 atom stereocenters. The summed E-state index contributed by atoms with van der Waals surface area (Å²) in [6.45, 7) is 13.8. The second-order valence-corrected chi connectivity index (χ2v) is 19.7. The highest BCUT2D eigenvalue weighted by molar-refractivity contribution is 6.98. The van der Waals surface area contributed by atoms with E-state index in [1.807, 2.05) is 0 Å². The second kappa shape index (κ2) is 16.2. The first-order valence-corrected chi connectivity index (χ1v) is 20.8. The van der Waals surface area contributed by atoms with E-state index in [-0.39, 0.29) is 5.04 Å². The van der Waals surface area contributed by atoms with E-state index in [4.69, 9.17) is 0 Å². The molecular weight excluding hydrogens is 615 g/mol. The number of nitrogens with one attached hydrogen (secondary N) is 1. The van der Waals surface area contributed by atoms with Crippen LogP contribution < -0.4 is 15.7 Å². The molecule has 6 rings (SSSR count). The lowest BCUT2D eigenvalue weighted by Gasteiger charge is -2.45. The third-order valence-corrected chi connectivity index (χ3v) is 16.6. The van der Waals surface area contributed by atoms with Gasteiger partial charge in [0.25, 0.3) is 8.32 Å². The van der Waals surface area contributed by atoms with Crippen molar-refractivity contribution >= 4 is 24.4 Å². The minimum atomic E-state index is -3.00. The molecule has 4 nitrogen and oxygen atoms in total. The standard InChI is InChI=1S/C44H59N3OSi/c1-37-20-22-39(23-21-37)45-40-24-31-46(32-25-40)33-28-44(29-34-47(35-30-44)36-38-14-7-4-8-15-38)27-13-26-43(2,3)49(48,41-16-9-5-10-17-41)42-18-11-6-12-19-42/h4-12,14-23,40,45,48H,13,24-36H2,1-3H3. The molecule has 0 bridgehead atoms. The molecule has 5 heteroatoms. The van der Waals surface area contributed by atoms with Gasteiger partial charge in [-0.1, -0.05) is 129 Å². The Labute approximate surface area is 297 Å². The van der Waals surface area contributed by atoms with E-state index >= 15 is 0 Å². The fourth-order valence-electron chi connectivity index (χ4n) is 8.63. The van der Waals surface area contributed by atoms with Gasteiger partial charge in [-0.3, -0.25) is 4.90 Å². The average molecular weight is 674 g/mol.